The predicted octanol–water partition coefficient (Wildman–Crippen LogP) is 3.23. The van der Waals surface area contributed by atoms with E-state index in [1.807, 2.05) is 30.3 Å². The fourth-order valence-electron chi connectivity index (χ4n) is 5.31. The molecule has 4 nitrogen and oxygen atoms in total. The third-order valence-corrected chi connectivity index (χ3v) is 6.84. The summed E-state index contributed by atoms with van der Waals surface area (Å²) in [4.78, 5) is 15.6. The summed E-state index contributed by atoms with van der Waals surface area (Å²) >= 11 is 0. The Morgan fingerprint density at radius 3 is 2.48 bits per heavy atom. The number of nitrogens with zero attached hydrogens (tertiary/aromatic N) is 1. The van der Waals surface area contributed by atoms with Crippen molar-refractivity contribution in [2.24, 2.45) is 5.92 Å². The highest BCUT2D eigenvalue weighted by Gasteiger charge is 2.50. The van der Waals surface area contributed by atoms with Crippen LogP contribution in [0.3, 0.4) is 0 Å². The molecule has 0 amide bonds. The summed E-state index contributed by atoms with van der Waals surface area (Å²) in [7, 11) is 2.14. The molecule has 4 rings (SSSR count). The Bertz CT molecular complexity index is 613. The molecule has 25 heavy (non-hydrogen) atoms. The summed E-state index contributed by atoms with van der Waals surface area (Å²) in [6.07, 6.45) is 8.11. The monoisotopic (exact) mass is 343 g/mol. The SMILES string of the molecule is CN1[C@@H]2CC[C@@H]1[C@H](OC(=O)C(O)(c1ccccc1)C1CCCC1)CC2. The van der Waals surface area contributed by atoms with Crippen LogP contribution >= 0.6 is 0 Å². The van der Waals surface area contributed by atoms with Crippen LogP contribution in [0.2, 0.25) is 0 Å². The molecule has 0 aromatic heterocycles. The van der Waals surface area contributed by atoms with Gasteiger partial charge in [0.15, 0.2) is 5.60 Å². The highest BCUT2D eigenvalue weighted by Crippen LogP contribution is 2.43. The molecule has 4 atom stereocenters. The molecule has 1 aromatic rings. The van der Waals surface area contributed by atoms with Gasteiger partial charge in [-0.3, -0.25) is 4.90 Å². The first-order valence-electron chi connectivity index (χ1n) is 9.81. The topological polar surface area (TPSA) is 49.8 Å². The van der Waals surface area contributed by atoms with Crippen LogP contribution in [-0.2, 0) is 15.1 Å². The number of hydrogen-bond donors (Lipinski definition) is 1. The number of likely N-dealkylation sites (N-methyl/N-ethyl adjacent to an activating group) is 1. The Morgan fingerprint density at radius 2 is 1.76 bits per heavy atom. The third kappa shape index (κ3) is 2.89. The molecule has 2 bridgehead atoms. The number of hydrogen-bond acceptors (Lipinski definition) is 4. The Kier molecular flexibility index (Phi) is 4.59. The maximum atomic E-state index is 13.2. The maximum Gasteiger partial charge on any atom is 0.343 e. The van der Waals surface area contributed by atoms with Crippen molar-refractivity contribution in [3.63, 3.8) is 0 Å². The number of ether oxygens (including phenoxy) is 1. The summed E-state index contributed by atoms with van der Waals surface area (Å²) in [5, 5.41) is 11.5. The number of carbonyl (C=O) groups is 1. The number of carbonyl (C=O) groups excluding carboxylic acids is 1. The molecular formula is C21H29NO3. The Morgan fingerprint density at radius 1 is 1.08 bits per heavy atom. The van der Waals surface area contributed by atoms with E-state index in [0.29, 0.717) is 17.6 Å². The zero-order valence-electron chi connectivity index (χ0n) is 15.1. The second-order valence-electron chi connectivity index (χ2n) is 8.10. The second kappa shape index (κ2) is 6.73. The van der Waals surface area contributed by atoms with E-state index in [-0.39, 0.29) is 12.0 Å². The van der Waals surface area contributed by atoms with Crippen molar-refractivity contribution in [3.8, 4) is 0 Å². The van der Waals surface area contributed by atoms with Gasteiger partial charge in [0.1, 0.15) is 6.10 Å². The normalized spacial score (nSPS) is 32.5. The molecule has 2 saturated heterocycles. The van der Waals surface area contributed by atoms with Gasteiger partial charge in [-0.05, 0) is 51.1 Å². The zero-order valence-corrected chi connectivity index (χ0v) is 15.1. The van der Waals surface area contributed by atoms with Crippen molar-refractivity contribution in [3.05, 3.63) is 35.9 Å². The van der Waals surface area contributed by atoms with E-state index in [4.69, 9.17) is 4.74 Å². The first-order chi connectivity index (χ1) is 12.1. The van der Waals surface area contributed by atoms with Crippen LogP contribution in [0, 0.1) is 5.92 Å². The van der Waals surface area contributed by atoms with Crippen LogP contribution in [0.1, 0.15) is 56.9 Å². The molecule has 136 valence electrons. The van der Waals surface area contributed by atoms with Gasteiger partial charge in [-0.25, -0.2) is 4.79 Å². The number of fused-ring (bicyclic) bond motifs is 2. The summed E-state index contributed by atoms with van der Waals surface area (Å²) in [5.41, 5.74) is -0.827. The van der Waals surface area contributed by atoms with Crippen molar-refractivity contribution in [1.82, 2.24) is 4.90 Å². The number of rotatable bonds is 4. The summed E-state index contributed by atoms with van der Waals surface area (Å²) in [6, 6.07) is 10.4. The first-order valence-corrected chi connectivity index (χ1v) is 9.81. The van der Waals surface area contributed by atoms with E-state index in [2.05, 4.69) is 11.9 Å². The quantitative estimate of drug-likeness (QED) is 0.853. The van der Waals surface area contributed by atoms with Gasteiger partial charge in [0.25, 0.3) is 0 Å². The number of benzene rings is 1. The van der Waals surface area contributed by atoms with E-state index in [0.717, 1.165) is 44.9 Å². The minimum Gasteiger partial charge on any atom is -0.458 e. The lowest BCUT2D eigenvalue weighted by molar-refractivity contribution is -0.184. The minimum absolute atomic E-state index is 0.0416. The van der Waals surface area contributed by atoms with Crippen LogP contribution < -0.4 is 0 Å². The minimum atomic E-state index is -1.51. The standard InChI is InChI=1S/C21H29NO3/c1-22-17-11-13-18(22)19(14-12-17)25-20(23)21(24,16-9-5-6-10-16)15-7-3-2-4-8-15/h2-4,7-8,16-19,24H,5-6,9-14H2,1H3/t17-,18-,19-,21?/m1/s1. The van der Waals surface area contributed by atoms with Gasteiger partial charge in [0.2, 0.25) is 0 Å². The van der Waals surface area contributed by atoms with Crippen LogP contribution in [0.5, 0.6) is 0 Å². The molecule has 1 aliphatic carbocycles. The molecule has 1 N–H and O–H groups in total. The van der Waals surface area contributed by atoms with Crippen LogP contribution in [0.25, 0.3) is 0 Å². The molecule has 0 spiro atoms. The predicted molar refractivity (Wildman–Crippen MR) is 96.0 cm³/mol. The van der Waals surface area contributed by atoms with Gasteiger partial charge in [-0.2, -0.15) is 0 Å². The highest BCUT2D eigenvalue weighted by molar-refractivity contribution is 5.82. The third-order valence-electron chi connectivity index (χ3n) is 6.84. The van der Waals surface area contributed by atoms with E-state index < -0.39 is 11.6 Å². The number of piperidine rings is 1. The summed E-state index contributed by atoms with van der Waals surface area (Å²) < 4.78 is 5.99. The zero-order chi connectivity index (χ0) is 17.4. The fourth-order valence-corrected chi connectivity index (χ4v) is 5.31. The van der Waals surface area contributed by atoms with Crippen molar-refractivity contribution in [1.29, 1.82) is 0 Å². The average molecular weight is 343 g/mol. The van der Waals surface area contributed by atoms with Gasteiger partial charge in [-0.1, -0.05) is 43.2 Å². The highest BCUT2D eigenvalue weighted by atomic mass is 16.6. The van der Waals surface area contributed by atoms with Gasteiger partial charge < -0.3 is 9.84 Å². The van der Waals surface area contributed by atoms with Crippen LogP contribution in [-0.4, -0.2) is 41.2 Å². The first kappa shape index (κ1) is 17.0. The molecule has 2 heterocycles. The van der Waals surface area contributed by atoms with Gasteiger partial charge in [0.05, 0.1) is 0 Å². The van der Waals surface area contributed by atoms with Crippen molar-refractivity contribution < 1.29 is 14.6 Å². The molecule has 3 fully saturated rings. The van der Waals surface area contributed by atoms with Gasteiger partial charge in [-0.15, -0.1) is 0 Å². The molecule has 3 aliphatic rings. The van der Waals surface area contributed by atoms with E-state index in [1.165, 1.54) is 6.42 Å². The van der Waals surface area contributed by atoms with E-state index in [9.17, 15) is 9.90 Å². The summed E-state index contributed by atoms with van der Waals surface area (Å²) in [6.45, 7) is 0. The molecule has 1 aromatic carbocycles. The maximum absolute atomic E-state index is 13.2. The smallest absolute Gasteiger partial charge is 0.343 e. The van der Waals surface area contributed by atoms with E-state index >= 15 is 0 Å². The Balaban J connectivity index is 1.58. The lowest BCUT2D eigenvalue weighted by Gasteiger charge is -2.39. The largest absolute Gasteiger partial charge is 0.458 e. The Labute approximate surface area is 150 Å². The second-order valence-corrected chi connectivity index (χ2v) is 8.10. The van der Waals surface area contributed by atoms with Gasteiger partial charge in [0, 0.05) is 18.0 Å². The van der Waals surface area contributed by atoms with Crippen molar-refractivity contribution in [2.75, 3.05) is 7.05 Å². The molecular weight excluding hydrogens is 314 g/mol. The molecule has 1 unspecified atom stereocenters. The number of esters is 1. The fraction of sp³-hybridized carbons (Fsp3) is 0.667. The lowest BCUT2D eigenvalue weighted by Crippen LogP contribution is -2.51. The van der Waals surface area contributed by atoms with Crippen molar-refractivity contribution >= 4 is 5.97 Å². The van der Waals surface area contributed by atoms with Crippen LogP contribution in [0.4, 0.5) is 0 Å². The lowest BCUT2D eigenvalue weighted by atomic mass is 9.80. The van der Waals surface area contributed by atoms with E-state index in [1.54, 1.807) is 0 Å². The van der Waals surface area contributed by atoms with Crippen molar-refractivity contribution in [2.45, 2.75) is 75.2 Å². The van der Waals surface area contributed by atoms with Crippen LogP contribution in [0.15, 0.2) is 30.3 Å². The molecule has 4 heteroatoms. The average Bonchev–Trinajstić information content (AvgIpc) is 3.24. The Hall–Kier alpha value is -1.39. The molecule has 0 radical (unpaired) electrons. The number of aliphatic hydroxyl groups is 1. The summed E-state index contributed by atoms with van der Waals surface area (Å²) in [5.74, 6) is -0.477. The van der Waals surface area contributed by atoms with Gasteiger partial charge >= 0.3 is 5.97 Å². The molecule has 1 saturated carbocycles. The molecule has 2 aliphatic heterocycles.